The topological polar surface area (TPSA) is 188 Å². The molecular weight excluding hydrogens is 446 g/mol. The Labute approximate surface area is 191 Å². The monoisotopic (exact) mass is 465 g/mol. The minimum Gasteiger partial charge on any atom is -0.508 e. The van der Waals surface area contributed by atoms with E-state index in [0.29, 0.717) is 17.4 Å². The molecule has 0 aliphatic heterocycles. The molecule has 1 heterocycles. The van der Waals surface area contributed by atoms with E-state index in [1.807, 2.05) is 0 Å². The Morgan fingerprint density at radius 3 is 2.56 bits per heavy atom. The molecule has 1 saturated carbocycles. The van der Waals surface area contributed by atoms with Crippen LogP contribution in [0.1, 0.15) is 34.3 Å². The summed E-state index contributed by atoms with van der Waals surface area (Å²) in [5, 5.41) is 43.4. The van der Waals surface area contributed by atoms with Crippen molar-refractivity contribution in [1.82, 2.24) is 0 Å². The van der Waals surface area contributed by atoms with Crippen LogP contribution in [0.25, 0.3) is 17.1 Å². The second-order valence-electron chi connectivity index (χ2n) is 8.72. The van der Waals surface area contributed by atoms with Gasteiger partial charge in [0.2, 0.25) is 5.78 Å². The van der Waals surface area contributed by atoms with E-state index >= 15 is 0 Å². The third kappa shape index (κ3) is 2.65. The largest absolute Gasteiger partial charge is 0.508 e. The van der Waals surface area contributed by atoms with Crippen LogP contribution in [0.5, 0.6) is 5.75 Å². The molecule has 0 radical (unpaired) electrons. The van der Waals surface area contributed by atoms with Gasteiger partial charge in [-0.25, -0.2) is 0 Å². The summed E-state index contributed by atoms with van der Waals surface area (Å²) in [5.41, 5.74) is 2.51. The van der Waals surface area contributed by atoms with Gasteiger partial charge in [0.15, 0.2) is 17.7 Å². The van der Waals surface area contributed by atoms with Crippen LogP contribution < -0.4 is 5.73 Å². The fraction of sp³-hybridized carbons (Fsp3) is 0.250. The summed E-state index contributed by atoms with van der Waals surface area (Å²) in [6.07, 6.45) is 1.65. The van der Waals surface area contributed by atoms with Crippen LogP contribution in [0, 0.1) is 11.8 Å². The summed E-state index contributed by atoms with van der Waals surface area (Å²) in [5.74, 6) is -6.73. The quantitative estimate of drug-likeness (QED) is 0.330. The smallest absolute Gasteiger partial charge is 0.255 e. The molecule has 3 atom stereocenters. The maximum atomic E-state index is 13.5. The zero-order chi connectivity index (χ0) is 24.5. The Hall–Kier alpha value is -4.18. The average Bonchev–Trinajstić information content (AvgIpc) is 3.24. The molecule has 174 valence electrons. The van der Waals surface area contributed by atoms with Gasteiger partial charge in [0.05, 0.1) is 17.4 Å². The summed E-state index contributed by atoms with van der Waals surface area (Å²) in [6.45, 7) is 0. The molecule has 34 heavy (non-hydrogen) atoms. The number of aldehydes is 1. The number of furan rings is 1. The molecule has 1 aromatic heterocycles. The highest BCUT2D eigenvalue weighted by atomic mass is 16.3. The molecule has 6 N–H and O–H groups in total. The maximum Gasteiger partial charge on any atom is 0.255 e. The normalized spacial score (nSPS) is 26.1. The van der Waals surface area contributed by atoms with Crippen molar-refractivity contribution in [2.45, 2.75) is 24.9 Å². The van der Waals surface area contributed by atoms with Crippen LogP contribution in [-0.2, 0) is 20.8 Å². The second-order valence-corrected chi connectivity index (χ2v) is 8.72. The number of aliphatic hydroxyl groups is 3. The van der Waals surface area contributed by atoms with Crippen molar-refractivity contribution in [3.05, 3.63) is 58.1 Å². The standard InChI is InChI=1S/C24H19NO9/c25-23(32)18-15(28)7-11-5-10-6-13-12(20-9(8-26)3-4-34-20)1-2-14(27)17(13)19(29)16(10)21(30)24(11,33)22(18)31/h1-4,8,10-11,27,29,31,33H,5-7H2,(H2,25,32)/t10-,11+,24+/m1/s1. The average molecular weight is 465 g/mol. The number of ketones is 2. The number of aromatic hydroxyl groups is 1. The van der Waals surface area contributed by atoms with E-state index in [2.05, 4.69) is 0 Å². The first-order valence-corrected chi connectivity index (χ1v) is 10.5. The Bertz CT molecular complexity index is 1380. The number of aliphatic hydroxyl groups excluding tert-OH is 2. The minimum absolute atomic E-state index is 0.0106. The number of amides is 1. The Morgan fingerprint density at radius 1 is 1.15 bits per heavy atom. The van der Waals surface area contributed by atoms with Crippen molar-refractivity contribution in [3.8, 4) is 17.1 Å². The zero-order valence-corrected chi connectivity index (χ0v) is 17.6. The van der Waals surface area contributed by atoms with Gasteiger partial charge in [-0.1, -0.05) is 0 Å². The maximum absolute atomic E-state index is 13.5. The number of phenolic OH excluding ortho intramolecular Hbond substituents is 1. The molecule has 10 nitrogen and oxygen atoms in total. The lowest BCUT2D eigenvalue weighted by molar-refractivity contribution is -0.147. The molecule has 0 spiro atoms. The SMILES string of the molecule is NC(=O)C1=C(O)[C@@]2(O)C(=O)C3=C(O)c4c(O)ccc(-c5occc5C=O)c4C[C@H]3C[C@H]2CC1=O. The lowest BCUT2D eigenvalue weighted by Gasteiger charge is -2.46. The number of carbonyl (C=O) groups excluding carboxylic acids is 4. The number of benzene rings is 1. The van der Waals surface area contributed by atoms with Crippen LogP contribution in [0.2, 0.25) is 0 Å². The zero-order valence-electron chi connectivity index (χ0n) is 17.6. The van der Waals surface area contributed by atoms with Crippen LogP contribution in [0.4, 0.5) is 0 Å². The van der Waals surface area contributed by atoms with Crippen LogP contribution in [0.3, 0.4) is 0 Å². The molecule has 1 fully saturated rings. The Balaban J connectivity index is 1.72. The number of Topliss-reactive ketones (excluding diaryl/α,β-unsaturated/α-hetero) is 2. The van der Waals surface area contributed by atoms with Crippen molar-refractivity contribution in [2.24, 2.45) is 17.6 Å². The number of phenols is 1. The lowest BCUT2D eigenvalue weighted by atomic mass is 9.59. The summed E-state index contributed by atoms with van der Waals surface area (Å²) in [7, 11) is 0. The number of hydrogen-bond acceptors (Lipinski definition) is 9. The van der Waals surface area contributed by atoms with Gasteiger partial charge in [0, 0.05) is 23.5 Å². The minimum atomic E-state index is -2.62. The van der Waals surface area contributed by atoms with Crippen molar-refractivity contribution >= 4 is 29.5 Å². The van der Waals surface area contributed by atoms with Crippen LogP contribution in [0.15, 0.2) is 45.8 Å². The number of carbonyl (C=O) groups is 4. The van der Waals surface area contributed by atoms with E-state index in [1.54, 1.807) is 0 Å². The van der Waals surface area contributed by atoms with Crippen molar-refractivity contribution in [1.29, 1.82) is 0 Å². The van der Waals surface area contributed by atoms with E-state index in [4.69, 9.17) is 10.2 Å². The lowest BCUT2D eigenvalue weighted by Crippen LogP contribution is -2.58. The van der Waals surface area contributed by atoms with Gasteiger partial charge in [-0.15, -0.1) is 0 Å². The molecule has 3 aliphatic rings. The van der Waals surface area contributed by atoms with E-state index in [9.17, 15) is 39.6 Å². The molecule has 3 aliphatic carbocycles. The number of primary amides is 1. The molecular formula is C24H19NO9. The van der Waals surface area contributed by atoms with Crippen LogP contribution >= 0.6 is 0 Å². The van der Waals surface area contributed by atoms with E-state index in [1.165, 1.54) is 24.5 Å². The number of rotatable bonds is 3. The highest BCUT2D eigenvalue weighted by Gasteiger charge is 2.60. The number of hydrogen-bond donors (Lipinski definition) is 5. The van der Waals surface area contributed by atoms with Crippen molar-refractivity contribution < 1.29 is 44.0 Å². The van der Waals surface area contributed by atoms with Gasteiger partial charge in [-0.3, -0.25) is 19.2 Å². The third-order valence-corrected chi connectivity index (χ3v) is 7.01. The second kappa shape index (κ2) is 7.16. The van der Waals surface area contributed by atoms with Gasteiger partial charge in [-0.2, -0.15) is 0 Å². The summed E-state index contributed by atoms with van der Waals surface area (Å²) in [6, 6.07) is 4.26. The van der Waals surface area contributed by atoms with Gasteiger partial charge >= 0.3 is 0 Å². The van der Waals surface area contributed by atoms with Gasteiger partial charge in [0.1, 0.15) is 28.6 Å². The van der Waals surface area contributed by atoms with E-state index < -0.39 is 58.4 Å². The molecule has 1 amide bonds. The number of nitrogens with two attached hydrogens (primary N) is 1. The first kappa shape index (κ1) is 21.7. The van der Waals surface area contributed by atoms with Crippen molar-refractivity contribution in [3.63, 3.8) is 0 Å². The molecule has 0 bridgehead atoms. The first-order chi connectivity index (χ1) is 16.1. The summed E-state index contributed by atoms with van der Waals surface area (Å²) in [4.78, 5) is 49.0. The predicted molar refractivity (Wildman–Crippen MR) is 114 cm³/mol. The molecule has 1 aromatic carbocycles. The molecule has 0 unspecified atom stereocenters. The Kier molecular flexibility index (Phi) is 4.56. The Morgan fingerprint density at radius 2 is 1.88 bits per heavy atom. The fourth-order valence-corrected chi connectivity index (χ4v) is 5.47. The fourth-order valence-electron chi connectivity index (χ4n) is 5.47. The summed E-state index contributed by atoms with van der Waals surface area (Å²) >= 11 is 0. The van der Waals surface area contributed by atoms with Crippen molar-refractivity contribution in [2.75, 3.05) is 0 Å². The molecule has 2 aromatic rings. The van der Waals surface area contributed by atoms with Gasteiger partial charge < -0.3 is 30.6 Å². The highest BCUT2D eigenvalue weighted by Crippen LogP contribution is 2.53. The highest BCUT2D eigenvalue weighted by molar-refractivity contribution is 6.22. The predicted octanol–water partition coefficient (Wildman–Crippen LogP) is 1.50. The van der Waals surface area contributed by atoms with E-state index in [0.717, 1.165) is 0 Å². The van der Waals surface area contributed by atoms with Crippen LogP contribution in [-0.4, -0.2) is 49.8 Å². The van der Waals surface area contributed by atoms with Gasteiger partial charge in [-0.05, 0) is 42.5 Å². The molecule has 0 saturated heterocycles. The first-order valence-electron chi connectivity index (χ1n) is 10.5. The molecule has 10 heteroatoms. The third-order valence-electron chi connectivity index (χ3n) is 7.01. The summed E-state index contributed by atoms with van der Waals surface area (Å²) < 4.78 is 5.46. The molecule has 5 rings (SSSR count). The van der Waals surface area contributed by atoms with Gasteiger partial charge in [0.25, 0.3) is 5.91 Å². The number of fused-ring (bicyclic) bond motifs is 3. The van der Waals surface area contributed by atoms with E-state index in [-0.39, 0.29) is 41.1 Å².